The van der Waals surface area contributed by atoms with E-state index in [-0.39, 0.29) is 12.1 Å². The zero-order valence-corrected chi connectivity index (χ0v) is 20.4. The number of hydrogen-bond donors (Lipinski definition) is 1. The van der Waals surface area contributed by atoms with Crippen molar-refractivity contribution in [2.24, 2.45) is 0 Å². The lowest BCUT2D eigenvalue weighted by atomic mass is 9.98. The highest BCUT2D eigenvalue weighted by molar-refractivity contribution is 7.80. The molecule has 2 atom stereocenters. The van der Waals surface area contributed by atoms with Crippen molar-refractivity contribution in [1.82, 2.24) is 14.9 Å². The average molecular weight is 469 g/mol. The molecule has 5 rings (SSSR count). The van der Waals surface area contributed by atoms with Crippen molar-refractivity contribution in [1.29, 1.82) is 0 Å². The summed E-state index contributed by atoms with van der Waals surface area (Å²) < 4.78 is 8.33. The van der Waals surface area contributed by atoms with Gasteiger partial charge in [0.1, 0.15) is 11.5 Å². The van der Waals surface area contributed by atoms with Crippen LogP contribution in [0, 0.1) is 6.92 Å². The molecule has 0 aliphatic carbocycles. The molecule has 3 heterocycles. The fourth-order valence-corrected chi connectivity index (χ4v) is 4.72. The first-order valence-corrected chi connectivity index (χ1v) is 11.9. The fourth-order valence-electron chi connectivity index (χ4n) is 4.37. The first-order chi connectivity index (χ1) is 16.5. The molecule has 1 aliphatic heterocycles. The van der Waals surface area contributed by atoms with E-state index >= 15 is 0 Å². The Hall–Kier alpha value is -3.64. The van der Waals surface area contributed by atoms with Crippen LogP contribution in [-0.2, 0) is 0 Å². The van der Waals surface area contributed by atoms with E-state index in [0.29, 0.717) is 11.2 Å². The van der Waals surface area contributed by atoms with Crippen molar-refractivity contribution < 1.29 is 4.74 Å². The Labute approximate surface area is 206 Å². The highest BCUT2D eigenvalue weighted by Crippen LogP contribution is 2.42. The van der Waals surface area contributed by atoms with Gasteiger partial charge in [0.05, 0.1) is 17.8 Å². The number of thiocarbonyl (C=S) groups is 1. The van der Waals surface area contributed by atoms with Crippen molar-refractivity contribution >= 4 is 23.0 Å². The second kappa shape index (κ2) is 9.31. The lowest BCUT2D eigenvalue weighted by Crippen LogP contribution is -2.29. The summed E-state index contributed by atoms with van der Waals surface area (Å²) in [5.74, 6) is 1.65. The molecule has 6 heteroatoms. The zero-order chi connectivity index (χ0) is 23.7. The van der Waals surface area contributed by atoms with Crippen LogP contribution in [0.3, 0.4) is 0 Å². The quantitative estimate of drug-likeness (QED) is 0.317. The van der Waals surface area contributed by atoms with Gasteiger partial charge in [0.15, 0.2) is 5.11 Å². The smallest absolute Gasteiger partial charge is 0.174 e. The highest BCUT2D eigenvalue weighted by Gasteiger charge is 2.41. The van der Waals surface area contributed by atoms with Crippen molar-refractivity contribution in [3.05, 3.63) is 108 Å². The van der Waals surface area contributed by atoms with Crippen LogP contribution in [0.1, 0.15) is 48.8 Å². The average Bonchev–Trinajstić information content (AvgIpc) is 3.47. The molecule has 4 aromatic rings. The van der Waals surface area contributed by atoms with Crippen molar-refractivity contribution in [2.45, 2.75) is 38.9 Å². The number of aromatic nitrogens is 2. The van der Waals surface area contributed by atoms with Gasteiger partial charge in [-0.15, -0.1) is 0 Å². The number of nitrogens with zero attached hydrogens (tertiary/aromatic N) is 3. The Morgan fingerprint density at radius 3 is 2.41 bits per heavy atom. The summed E-state index contributed by atoms with van der Waals surface area (Å²) >= 11 is 5.84. The summed E-state index contributed by atoms with van der Waals surface area (Å²) in [5, 5.41) is 4.21. The lowest BCUT2D eigenvalue weighted by Gasteiger charge is -2.27. The third-order valence-electron chi connectivity index (χ3n) is 6.21. The Kier molecular flexibility index (Phi) is 6.07. The fraction of sp³-hybridized carbons (Fsp3) is 0.214. The topological polar surface area (TPSA) is 42.3 Å². The van der Waals surface area contributed by atoms with Gasteiger partial charge in [-0.3, -0.25) is 4.98 Å². The Bertz CT molecular complexity index is 1280. The van der Waals surface area contributed by atoms with Gasteiger partial charge in [0, 0.05) is 30.3 Å². The maximum absolute atomic E-state index is 6.10. The number of hydrogen-bond acceptors (Lipinski definition) is 3. The Balaban J connectivity index is 1.49. The molecule has 0 bridgehead atoms. The molecule has 0 radical (unpaired) electrons. The van der Waals surface area contributed by atoms with E-state index in [1.807, 2.05) is 61.7 Å². The van der Waals surface area contributed by atoms with Crippen molar-refractivity contribution in [3.63, 3.8) is 0 Å². The van der Waals surface area contributed by atoms with E-state index in [2.05, 4.69) is 70.3 Å². The number of anilines is 1. The number of nitrogens with one attached hydrogen (secondary N) is 1. The molecule has 0 unspecified atom stereocenters. The van der Waals surface area contributed by atoms with Crippen LogP contribution in [0.4, 0.5) is 5.69 Å². The first-order valence-electron chi connectivity index (χ1n) is 11.5. The van der Waals surface area contributed by atoms with Gasteiger partial charge in [-0.05, 0) is 92.6 Å². The van der Waals surface area contributed by atoms with Gasteiger partial charge in [0.2, 0.25) is 0 Å². The van der Waals surface area contributed by atoms with Crippen LogP contribution in [0.2, 0.25) is 0 Å². The Morgan fingerprint density at radius 1 is 0.971 bits per heavy atom. The molecule has 1 N–H and O–H groups in total. The van der Waals surface area contributed by atoms with E-state index in [9.17, 15) is 0 Å². The Morgan fingerprint density at radius 2 is 1.74 bits per heavy atom. The zero-order valence-electron chi connectivity index (χ0n) is 19.6. The van der Waals surface area contributed by atoms with Crippen LogP contribution in [-0.4, -0.2) is 14.7 Å². The van der Waals surface area contributed by atoms with Crippen molar-refractivity contribution in [3.8, 4) is 11.5 Å². The molecule has 1 saturated heterocycles. The lowest BCUT2D eigenvalue weighted by molar-refractivity contribution is 0.479. The minimum atomic E-state index is -0.0559. The largest absolute Gasteiger partial charge is 0.457 e. The van der Waals surface area contributed by atoms with E-state index in [4.69, 9.17) is 17.0 Å². The number of para-hydroxylation sites is 1. The van der Waals surface area contributed by atoms with Crippen LogP contribution >= 0.6 is 12.2 Å². The predicted molar refractivity (Wildman–Crippen MR) is 140 cm³/mol. The van der Waals surface area contributed by atoms with Crippen LogP contribution in [0.15, 0.2) is 91.4 Å². The molecule has 0 saturated carbocycles. The molecule has 34 heavy (non-hydrogen) atoms. The number of aryl methyl sites for hydroxylation is 1. The molecule has 5 nitrogen and oxygen atoms in total. The third kappa shape index (κ3) is 4.29. The second-order valence-corrected chi connectivity index (χ2v) is 9.23. The van der Waals surface area contributed by atoms with E-state index in [0.717, 1.165) is 28.4 Å². The maximum atomic E-state index is 6.10. The van der Waals surface area contributed by atoms with Crippen molar-refractivity contribution in [2.75, 3.05) is 4.90 Å². The molecule has 2 aromatic carbocycles. The van der Waals surface area contributed by atoms with Gasteiger partial charge in [-0.1, -0.05) is 24.3 Å². The first kappa shape index (κ1) is 22.2. The number of ether oxygens (including phenoxy) is 1. The summed E-state index contributed by atoms with van der Waals surface area (Å²) in [6.07, 6.45) is 6.18. The minimum absolute atomic E-state index is 0.0227. The second-order valence-electron chi connectivity index (χ2n) is 8.84. The van der Waals surface area contributed by atoms with E-state index < -0.39 is 0 Å². The molecule has 172 valence electrons. The molecule has 0 spiro atoms. The number of benzene rings is 2. The minimum Gasteiger partial charge on any atom is -0.457 e. The van der Waals surface area contributed by atoms with Gasteiger partial charge in [0.25, 0.3) is 0 Å². The highest BCUT2D eigenvalue weighted by atomic mass is 32.1. The van der Waals surface area contributed by atoms with Crippen LogP contribution < -0.4 is 15.0 Å². The summed E-state index contributed by atoms with van der Waals surface area (Å²) in [6.45, 7) is 6.41. The predicted octanol–water partition coefficient (Wildman–Crippen LogP) is 6.74. The summed E-state index contributed by atoms with van der Waals surface area (Å²) in [5.41, 5.74) is 4.27. The van der Waals surface area contributed by atoms with Gasteiger partial charge < -0.3 is 19.5 Å². The molecular weight excluding hydrogens is 440 g/mol. The molecule has 0 amide bonds. The van der Waals surface area contributed by atoms with E-state index in [1.165, 1.54) is 5.56 Å². The summed E-state index contributed by atoms with van der Waals surface area (Å²) in [4.78, 5) is 6.82. The molecule has 1 fully saturated rings. The van der Waals surface area contributed by atoms with Gasteiger partial charge in [-0.2, -0.15) is 0 Å². The standard InChI is InChI=1S/C28H28N4OS/c1-19(2)31-17-15-21(18-31)27-26(24-9-6-7-16-29-24)30-28(34)32(27)22-11-13-23(14-12-22)33-25-10-5-4-8-20(25)3/h4-19,26-27H,1-3H3,(H,30,34)/t26-,27-/m0/s1. The molecule has 1 aliphatic rings. The van der Waals surface area contributed by atoms with E-state index in [1.54, 1.807) is 0 Å². The van der Waals surface area contributed by atoms with Crippen LogP contribution in [0.25, 0.3) is 0 Å². The number of rotatable bonds is 6. The normalized spacial score (nSPS) is 17.8. The van der Waals surface area contributed by atoms with Gasteiger partial charge in [-0.25, -0.2) is 0 Å². The third-order valence-corrected chi connectivity index (χ3v) is 6.52. The number of pyridine rings is 1. The monoisotopic (exact) mass is 468 g/mol. The molecule has 2 aromatic heterocycles. The van der Waals surface area contributed by atoms with Crippen LogP contribution in [0.5, 0.6) is 11.5 Å². The van der Waals surface area contributed by atoms with Gasteiger partial charge >= 0.3 is 0 Å². The molecular formula is C28H28N4OS. The maximum Gasteiger partial charge on any atom is 0.174 e. The summed E-state index contributed by atoms with van der Waals surface area (Å²) in [7, 11) is 0. The SMILES string of the molecule is Cc1ccccc1Oc1ccc(N2C(=S)N[C@@H](c3ccccn3)[C@@H]2c2ccn(C(C)C)c2)cc1. The summed E-state index contributed by atoms with van der Waals surface area (Å²) in [6, 6.07) is 24.6.